The predicted octanol–water partition coefficient (Wildman–Crippen LogP) is 4.18. The van der Waals surface area contributed by atoms with E-state index in [-0.39, 0.29) is 21.8 Å². The van der Waals surface area contributed by atoms with Gasteiger partial charge in [-0.3, -0.25) is 9.71 Å². The lowest BCUT2D eigenvalue weighted by Gasteiger charge is -2.12. The van der Waals surface area contributed by atoms with Crippen molar-refractivity contribution in [1.82, 2.24) is 9.97 Å². The number of carbonyl (C=O) groups is 1. The lowest BCUT2D eigenvalue weighted by molar-refractivity contribution is 0.0690. The van der Waals surface area contributed by atoms with Crippen molar-refractivity contribution < 1.29 is 18.3 Å². The van der Waals surface area contributed by atoms with Crippen LogP contribution in [0.5, 0.6) is 0 Å². The molecule has 2 heterocycles. The number of fused-ring (bicyclic) bond motifs is 1. The van der Waals surface area contributed by atoms with Crippen LogP contribution in [0.25, 0.3) is 10.9 Å². The normalized spacial score (nSPS) is 10.9. The first kappa shape index (κ1) is 21.3. The number of pyridine rings is 2. The van der Waals surface area contributed by atoms with Crippen molar-refractivity contribution in [2.75, 3.05) is 4.72 Å². The summed E-state index contributed by atoms with van der Waals surface area (Å²) in [6.45, 7) is 0. The van der Waals surface area contributed by atoms with Gasteiger partial charge in [0.15, 0.2) is 0 Å². The minimum Gasteiger partial charge on any atom is -0.477 e. The van der Waals surface area contributed by atoms with Gasteiger partial charge in [0.05, 0.1) is 16.2 Å². The molecule has 0 aliphatic carbocycles. The molecule has 4 aromatic rings. The number of nitrogens with zero attached hydrogens (tertiary/aromatic N) is 2. The van der Waals surface area contributed by atoms with Crippen molar-refractivity contribution in [3.8, 4) is 11.8 Å². The highest BCUT2D eigenvalue weighted by Crippen LogP contribution is 2.28. The van der Waals surface area contributed by atoms with E-state index in [0.717, 1.165) is 0 Å². The molecule has 0 fully saturated rings. The Kier molecular flexibility index (Phi) is 5.77. The van der Waals surface area contributed by atoms with Gasteiger partial charge in [-0.15, -0.1) is 0 Å². The number of halogens is 1. The summed E-state index contributed by atoms with van der Waals surface area (Å²) in [5, 5.41) is 9.86. The Morgan fingerprint density at radius 1 is 0.969 bits per heavy atom. The Morgan fingerprint density at radius 3 is 2.53 bits per heavy atom. The number of benzene rings is 2. The van der Waals surface area contributed by atoms with Crippen LogP contribution in [-0.4, -0.2) is 29.5 Å². The minimum atomic E-state index is -3.99. The summed E-state index contributed by atoms with van der Waals surface area (Å²) in [5.41, 5.74) is 1.38. The number of hydrogen-bond acceptors (Lipinski definition) is 5. The lowest BCUT2D eigenvalue weighted by Crippen LogP contribution is -2.14. The smallest absolute Gasteiger partial charge is 0.354 e. The van der Waals surface area contributed by atoms with Crippen LogP contribution < -0.4 is 4.72 Å². The first-order valence-electron chi connectivity index (χ1n) is 9.21. The molecule has 7 nitrogen and oxygen atoms in total. The third-order valence-corrected chi connectivity index (χ3v) is 6.19. The minimum absolute atomic E-state index is 0.00581. The molecule has 158 valence electrons. The number of carboxylic acids is 1. The van der Waals surface area contributed by atoms with Crippen molar-refractivity contribution in [3.05, 3.63) is 94.9 Å². The number of hydrogen-bond donors (Lipinski definition) is 2. The maximum Gasteiger partial charge on any atom is 0.354 e. The van der Waals surface area contributed by atoms with Crippen LogP contribution >= 0.6 is 11.6 Å². The van der Waals surface area contributed by atoms with Gasteiger partial charge in [-0.1, -0.05) is 47.7 Å². The molecular weight excluding hydrogens is 450 g/mol. The van der Waals surface area contributed by atoms with E-state index in [1.807, 2.05) is 0 Å². The third kappa shape index (κ3) is 4.39. The molecule has 2 N–H and O–H groups in total. The molecule has 0 radical (unpaired) electrons. The fourth-order valence-electron chi connectivity index (χ4n) is 2.95. The van der Waals surface area contributed by atoms with Crippen molar-refractivity contribution in [1.29, 1.82) is 0 Å². The Morgan fingerprint density at radius 2 is 1.78 bits per heavy atom. The second-order valence-electron chi connectivity index (χ2n) is 6.58. The molecule has 2 aromatic heterocycles. The van der Waals surface area contributed by atoms with Crippen molar-refractivity contribution in [2.24, 2.45) is 0 Å². The van der Waals surface area contributed by atoms with Crippen LogP contribution in [0.15, 0.2) is 78.0 Å². The second kappa shape index (κ2) is 8.67. The molecule has 32 heavy (non-hydrogen) atoms. The van der Waals surface area contributed by atoms with Crippen LogP contribution in [0, 0.1) is 11.8 Å². The lowest BCUT2D eigenvalue weighted by atomic mass is 10.1. The standard InChI is InChI=1S/C23H14ClN3O4S/c24-18-12-13-25-22-17(18)5-3-7-21(22)32(30,31)27-19-6-2-1-4-16(19)10-8-15-9-11-20(23(28)29)26-14-15/h1-7,9,11-14,27H,(H,28,29). The Labute approximate surface area is 188 Å². The number of anilines is 1. The molecule has 2 aromatic carbocycles. The summed E-state index contributed by atoms with van der Waals surface area (Å²) >= 11 is 6.18. The van der Waals surface area contributed by atoms with Crippen LogP contribution in [-0.2, 0) is 10.0 Å². The molecular formula is C23H14ClN3O4S. The van der Waals surface area contributed by atoms with Gasteiger partial charge in [0.1, 0.15) is 10.6 Å². The van der Waals surface area contributed by atoms with Gasteiger partial charge in [0.2, 0.25) is 0 Å². The van der Waals surface area contributed by atoms with Crippen molar-refractivity contribution in [3.63, 3.8) is 0 Å². The summed E-state index contributed by atoms with van der Waals surface area (Å²) in [7, 11) is -3.99. The topological polar surface area (TPSA) is 109 Å². The molecule has 0 saturated carbocycles. The fraction of sp³-hybridized carbons (Fsp3) is 0. The van der Waals surface area contributed by atoms with Gasteiger partial charge in [0, 0.05) is 28.9 Å². The average Bonchev–Trinajstić information content (AvgIpc) is 2.78. The summed E-state index contributed by atoms with van der Waals surface area (Å²) in [6, 6.07) is 15.9. The molecule has 0 spiro atoms. The number of aromatic carboxylic acids is 1. The molecule has 0 saturated heterocycles. The van der Waals surface area contributed by atoms with E-state index in [4.69, 9.17) is 16.7 Å². The quantitative estimate of drug-likeness (QED) is 0.439. The Bertz CT molecular complexity index is 1510. The van der Waals surface area contributed by atoms with Gasteiger partial charge >= 0.3 is 5.97 Å². The highest BCUT2D eigenvalue weighted by Gasteiger charge is 2.20. The zero-order valence-corrected chi connectivity index (χ0v) is 17.9. The van der Waals surface area contributed by atoms with Gasteiger partial charge in [0.25, 0.3) is 10.0 Å². The van der Waals surface area contributed by atoms with Crippen LogP contribution in [0.1, 0.15) is 21.6 Å². The molecule has 0 atom stereocenters. The van der Waals surface area contributed by atoms with E-state index in [0.29, 0.717) is 21.5 Å². The summed E-state index contributed by atoms with van der Waals surface area (Å²) in [6.07, 6.45) is 2.79. The summed E-state index contributed by atoms with van der Waals surface area (Å²) in [4.78, 5) is 18.9. The fourth-order valence-corrected chi connectivity index (χ4v) is 4.41. The van der Waals surface area contributed by atoms with Crippen LogP contribution in [0.2, 0.25) is 5.02 Å². The molecule has 0 aliphatic rings. The molecule has 0 aliphatic heterocycles. The van der Waals surface area contributed by atoms with Gasteiger partial charge in [-0.25, -0.2) is 18.2 Å². The summed E-state index contributed by atoms with van der Waals surface area (Å²) in [5.74, 6) is 4.63. The van der Waals surface area contributed by atoms with E-state index >= 15 is 0 Å². The number of nitrogens with one attached hydrogen (secondary N) is 1. The first-order valence-corrected chi connectivity index (χ1v) is 11.1. The van der Waals surface area contributed by atoms with E-state index in [2.05, 4.69) is 26.5 Å². The monoisotopic (exact) mass is 463 g/mol. The SMILES string of the molecule is O=C(O)c1ccc(C#Cc2ccccc2NS(=O)(=O)c2cccc3c(Cl)ccnc23)cn1. The summed E-state index contributed by atoms with van der Waals surface area (Å²) < 4.78 is 28.9. The zero-order valence-electron chi connectivity index (χ0n) is 16.3. The number of sulfonamides is 1. The number of aromatic nitrogens is 2. The van der Waals surface area contributed by atoms with Crippen molar-refractivity contribution in [2.45, 2.75) is 4.90 Å². The Hall–Kier alpha value is -3.93. The maximum absolute atomic E-state index is 13.1. The number of rotatable bonds is 4. The highest BCUT2D eigenvalue weighted by atomic mass is 35.5. The highest BCUT2D eigenvalue weighted by molar-refractivity contribution is 7.93. The van der Waals surface area contributed by atoms with E-state index in [1.165, 1.54) is 30.6 Å². The molecule has 4 rings (SSSR count). The molecule has 0 bridgehead atoms. The zero-order chi connectivity index (χ0) is 22.7. The van der Waals surface area contributed by atoms with Crippen LogP contribution in [0.3, 0.4) is 0 Å². The first-order chi connectivity index (χ1) is 15.3. The van der Waals surface area contributed by atoms with Gasteiger partial charge in [-0.05, 0) is 36.4 Å². The van der Waals surface area contributed by atoms with Crippen LogP contribution in [0.4, 0.5) is 5.69 Å². The molecule has 0 amide bonds. The predicted molar refractivity (Wildman–Crippen MR) is 121 cm³/mol. The van der Waals surface area contributed by atoms with Gasteiger partial charge in [-0.2, -0.15) is 0 Å². The largest absolute Gasteiger partial charge is 0.477 e. The number of carboxylic acid groups (broad SMARTS) is 1. The van der Waals surface area contributed by atoms with Gasteiger partial charge < -0.3 is 5.11 Å². The van der Waals surface area contributed by atoms with E-state index in [1.54, 1.807) is 42.5 Å². The van der Waals surface area contributed by atoms with Crippen molar-refractivity contribution >= 4 is 44.2 Å². The number of para-hydroxylation sites is 2. The molecule has 0 unspecified atom stereocenters. The van der Waals surface area contributed by atoms with E-state index in [9.17, 15) is 13.2 Å². The maximum atomic E-state index is 13.1. The third-order valence-electron chi connectivity index (χ3n) is 4.47. The molecule has 9 heteroatoms. The second-order valence-corrected chi connectivity index (χ2v) is 8.64. The van der Waals surface area contributed by atoms with E-state index < -0.39 is 16.0 Å². The average molecular weight is 464 g/mol. The Balaban J connectivity index is 1.69.